The van der Waals surface area contributed by atoms with Crippen molar-refractivity contribution < 1.29 is 23.8 Å². The third-order valence-corrected chi connectivity index (χ3v) is 7.30. The first-order chi connectivity index (χ1) is 18.9. The largest absolute Gasteiger partial charge is 0.489 e. The summed E-state index contributed by atoms with van der Waals surface area (Å²) in [7, 11) is 0. The lowest BCUT2D eigenvalue weighted by molar-refractivity contribution is -0.137. The Morgan fingerprint density at radius 2 is 1.77 bits per heavy atom. The quantitative estimate of drug-likeness (QED) is 0.201. The number of para-hydroxylation sites is 1. The number of carbonyl (C=O) groups is 2. The number of hydrogen-bond donors (Lipinski definition) is 1. The summed E-state index contributed by atoms with van der Waals surface area (Å²) in [5.74, 6) is -0.971. The summed E-state index contributed by atoms with van der Waals surface area (Å²) in [5, 5.41) is 13.8. The Morgan fingerprint density at radius 1 is 1.05 bits per heavy atom. The molecule has 5 rings (SSSR count). The number of aliphatic carboxylic acids is 1. The van der Waals surface area contributed by atoms with Gasteiger partial charge in [0.15, 0.2) is 0 Å². The Bertz CT molecular complexity index is 1550. The van der Waals surface area contributed by atoms with Crippen LogP contribution < -0.4 is 4.74 Å². The van der Waals surface area contributed by atoms with E-state index in [0.717, 1.165) is 28.6 Å². The lowest BCUT2D eigenvalue weighted by atomic mass is 10.1. The van der Waals surface area contributed by atoms with Gasteiger partial charge >= 0.3 is 5.97 Å². The van der Waals surface area contributed by atoms with E-state index in [4.69, 9.17) is 27.2 Å². The Kier molecular flexibility index (Phi) is 7.85. The van der Waals surface area contributed by atoms with E-state index in [1.807, 2.05) is 60.8 Å². The van der Waals surface area contributed by atoms with Gasteiger partial charge in [0.2, 0.25) is 0 Å². The number of ether oxygens (including phenoxy) is 1. The van der Waals surface area contributed by atoms with Gasteiger partial charge in [-0.3, -0.25) is 14.5 Å². The first kappa shape index (κ1) is 26.3. The van der Waals surface area contributed by atoms with Crippen molar-refractivity contribution in [3.8, 4) is 22.7 Å². The Hall–Kier alpha value is -4.28. The summed E-state index contributed by atoms with van der Waals surface area (Å²) in [6, 6.07) is 23.2. The molecule has 4 aromatic rings. The predicted octanol–water partition coefficient (Wildman–Crippen LogP) is 5.93. The summed E-state index contributed by atoms with van der Waals surface area (Å²) in [4.78, 5) is 25.7. The second-order valence-corrected chi connectivity index (χ2v) is 10.3. The van der Waals surface area contributed by atoms with Gasteiger partial charge in [-0.15, -0.1) is 0 Å². The Labute approximate surface area is 233 Å². The first-order valence-corrected chi connectivity index (χ1v) is 13.2. The fourth-order valence-corrected chi connectivity index (χ4v) is 5.23. The third kappa shape index (κ3) is 6.24. The zero-order valence-electron chi connectivity index (χ0n) is 20.5. The molecule has 3 aromatic carbocycles. The number of carboxylic acid groups (broad SMARTS) is 1. The molecule has 1 fully saturated rings. The van der Waals surface area contributed by atoms with E-state index < -0.39 is 5.97 Å². The van der Waals surface area contributed by atoms with E-state index in [1.54, 1.807) is 22.9 Å². The number of halogens is 1. The highest BCUT2D eigenvalue weighted by molar-refractivity contribution is 8.26. The van der Waals surface area contributed by atoms with Gasteiger partial charge in [0.1, 0.15) is 22.5 Å². The average Bonchev–Trinajstić information content (AvgIpc) is 3.48. The normalized spacial score (nSPS) is 14.3. The van der Waals surface area contributed by atoms with Crippen molar-refractivity contribution in [3.05, 3.63) is 107 Å². The molecular formula is C29H22FN3O4S2. The van der Waals surface area contributed by atoms with Crippen molar-refractivity contribution in [1.82, 2.24) is 14.7 Å². The number of rotatable bonds is 9. The Balaban J connectivity index is 1.43. The van der Waals surface area contributed by atoms with Crippen LogP contribution in [-0.4, -0.2) is 42.5 Å². The summed E-state index contributed by atoms with van der Waals surface area (Å²) in [6.07, 6.45) is 3.39. The van der Waals surface area contributed by atoms with Crippen LogP contribution in [0.15, 0.2) is 90.0 Å². The average molecular weight is 560 g/mol. The molecule has 1 aliphatic heterocycles. The molecule has 0 unspecified atom stereocenters. The van der Waals surface area contributed by atoms with Gasteiger partial charge in [-0.2, -0.15) is 5.10 Å². The summed E-state index contributed by atoms with van der Waals surface area (Å²) in [6.45, 7) is 0.324. The molecule has 39 heavy (non-hydrogen) atoms. The molecule has 0 atom stereocenters. The zero-order chi connectivity index (χ0) is 27.4. The number of thioether (sulfide) groups is 1. The van der Waals surface area contributed by atoms with Crippen molar-refractivity contribution in [2.45, 2.75) is 13.0 Å². The van der Waals surface area contributed by atoms with Crippen molar-refractivity contribution in [3.63, 3.8) is 0 Å². The molecule has 0 spiro atoms. The fraction of sp³-hybridized carbons (Fsp3) is 0.103. The van der Waals surface area contributed by atoms with E-state index in [9.17, 15) is 14.0 Å². The number of amides is 1. The van der Waals surface area contributed by atoms with E-state index in [1.165, 1.54) is 17.0 Å². The van der Waals surface area contributed by atoms with Crippen molar-refractivity contribution in [2.24, 2.45) is 0 Å². The molecule has 7 nitrogen and oxygen atoms in total. The fourth-order valence-electron chi connectivity index (χ4n) is 3.93. The number of benzene rings is 3. The highest BCUT2D eigenvalue weighted by atomic mass is 32.2. The number of carboxylic acids is 1. The molecule has 1 N–H and O–H groups in total. The second-order valence-electron chi connectivity index (χ2n) is 8.63. The number of nitrogens with zero attached hydrogens (tertiary/aromatic N) is 3. The number of aromatic nitrogens is 2. The molecule has 1 amide bonds. The lowest BCUT2D eigenvalue weighted by Crippen LogP contribution is -2.30. The monoisotopic (exact) mass is 559 g/mol. The van der Waals surface area contributed by atoms with Crippen LogP contribution >= 0.6 is 24.0 Å². The van der Waals surface area contributed by atoms with Gasteiger partial charge in [0.05, 0.1) is 22.7 Å². The second kappa shape index (κ2) is 11.6. The van der Waals surface area contributed by atoms with Crippen molar-refractivity contribution >= 4 is 46.3 Å². The van der Waals surface area contributed by atoms with Crippen LogP contribution in [0.1, 0.15) is 17.5 Å². The molecule has 2 heterocycles. The summed E-state index contributed by atoms with van der Waals surface area (Å²) < 4.78 is 21.1. The SMILES string of the molecule is O=C(O)CCN1C(=O)/C(=C/c2cn(-c3ccccc3)nc2-c2ccc(OCc3ccc(F)cc3)cc2)SC1=S. The van der Waals surface area contributed by atoms with Gasteiger partial charge in [0.25, 0.3) is 5.91 Å². The van der Waals surface area contributed by atoms with E-state index >= 15 is 0 Å². The number of thiocarbonyl (C=S) groups is 1. The third-order valence-electron chi connectivity index (χ3n) is 5.92. The number of carbonyl (C=O) groups excluding carboxylic acids is 1. The van der Waals surface area contributed by atoms with Crippen LogP contribution in [-0.2, 0) is 16.2 Å². The van der Waals surface area contributed by atoms with Gasteiger partial charge in [-0.25, -0.2) is 9.07 Å². The molecule has 0 saturated carbocycles. The van der Waals surface area contributed by atoms with Crippen LogP contribution in [0.2, 0.25) is 0 Å². The molecule has 0 radical (unpaired) electrons. The predicted molar refractivity (Wildman–Crippen MR) is 152 cm³/mol. The Morgan fingerprint density at radius 3 is 2.46 bits per heavy atom. The summed E-state index contributed by atoms with van der Waals surface area (Å²) in [5.41, 5.74) is 3.88. The maximum atomic E-state index is 13.1. The van der Waals surface area contributed by atoms with E-state index in [-0.39, 0.29) is 24.7 Å². The van der Waals surface area contributed by atoms with Gasteiger partial charge in [0, 0.05) is 23.9 Å². The molecule has 0 bridgehead atoms. The van der Waals surface area contributed by atoms with Crippen LogP contribution in [0.5, 0.6) is 5.75 Å². The zero-order valence-corrected chi connectivity index (χ0v) is 22.1. The first-order valence-electron chi connectivity index (χ1n) is 12.0. The lowest BCUT2D eigenvalue weighted by Gasteiger charge is -2.12. The van der Waals surface area contributed by atoms with E-state index in [0.29, 0.717) is 32.8 Å². The molecule has 1 aromatic heterocycles. The summed E-state index contributed by atoms with van der Waals surface area (Å²) >= 11 is 6.47. The molecule has 10 heteroatoms. The van der Waals surface area contributed by atoms with Crippen LogP contribution in [0.3, 0.4) is 0 Å². The van der Waals surface area contributed by atoms with Crippen LogP contribution in [0.4, 0.5) is 4.39 Å². The smallest absolute Gasteiger partial charge is 0.305 e. The molecule has 1 aliphatic rings. The molecule has 196 valence electrons. The molecule has 0 aliphatic carbocycles. The van der Waals surface area contributed by atoms with Crippen molar-refractivity contribution in [1.29, 1.82) is 0 Å². The highest BCUT2D eigenvalue weighted by Gasteiger charge is 2.32. The standard InChI is InChI=1S/C29H22FN3O4S2/c30-22-10-6-19(7-11-22)18-37-24-12-8-20(9-13-24)27-21(17-33(31-27)23-4-2-1-3-5-23)16-25-28(36)32(29(38)39-25)15-14-26(34)35/h1-13,16-17H,14-15,18H2,(H,34,35)/b25-16-. The van der Waals surface area contributed by atoms with Gasteiger partial charge in [-0.1, -0.05) is 54.3 Å². The number of hydrogen-bond acceptors (Lipinski definition) is 6. The minimum absolute atomic E-state index is 0.0207. The van der Waals surface area contributed by atoms with Crippen LogP contribution in [0.25, 0.3) is 23.0 Å². The highest BCUT2D eigenvalue weighted by Crippen LogP contribution is 2.35. The van der Waals surface area contributed by atoms with Gasteiger partial charge in [-0.05, 0) is 60.2 Å². The molecular weight excluding hydrogens is 537 g/mol. The minimum atomic E-state index is -0.996. The topological polar surface area (TPSA) is 84.7 Å². The molecule has 1 saturated heterocycles. The van der Waals surface area contributed by atoms with E-state index in [2.05, 4.69) is 0 Å². The van der Waals surface area contributed by atoms with Crippen LogP contribution in [0, 0.1) is 5.82 Å². The minimum Gasteiger partial charge on any atom is -0.489 e. The maximum Gasteiger partial charge on any atom is 0.305 e. The van der Waals surface area contributed by atoms with Crippen molar-refractivity contribution in [2.75, 3.05) is 6.54 Å². The maximum absolute atomic E-state index is 13.1. The van der Waals surface area contributed by atoms with Gasteiger partial charge < -0.3 is 9.84 Å².